The Morgan fingerprint density at radius 2 is 1.64 bits per heavy atom. The molecule has 0 spiro atoms. The van der Waals surface area contributed by atoms with Crippen LogP contribution in [0, 0.1) is 0 Å². The summed E-state index contributed by atoms with van der Waals surface area (Å²) in [6, 6.07) is 6.03. The van der Waals surface area contributed by atoms with E-state index >= 15 is 0 Å². The molecule has 3 amide bonds. The number of carbonyl (C=O) groups is 4. The molecule has 3 N–H and O–H groups in total. The highest BCUT2D eigenvalue weighted by molar-refractivity contribution is 5.96. The van der Waals surface area contributed by atoms with Crippen molar-refractivity contribution in [2.45, 2.75) is 46.1 Å². The summed E-state index contributed by atoms with van der Waals surface area (Å²) < 4.78 is 0. The molecule has 1 unspecified atom stereocenters. The molecule has 8 heteroatoms. The zero-order valence-corrected chi connectivity index (χ0v) is 17.0. The number of aliphatic carboxylic acids is 1. The zero-order chi connectivity index (χ0) is 21.5. The monoisotopic (exact) mass is 391 g/mol. The van der Waals surface area contributed by atoms with E-state index in [9.17, 15) is 24.3 Å². The summed E-state index contributed by atoms with van der Waals surface area (Å²) in [7, 11) is 0. The first-order valence-electron chi connectivity index (χ1n) is 9.09. The van der Waals surface area contributed by atoms with Gasteiger partial charge in [0.2, 0.25) is 11.8 Å². The molecule has 1 aromatic carbocycles. The van der Waals surface area contributed by atoms with Gasteiger partial charge < -0.3 is 20.6 Å². The van der Waals surface area contributed by atoms with Crippen LogP contribution in [0.5, 0.6) is 0 Å². The minimum Gasteiger partial charge on any atom is -0.480 e. The van der Waals surface area contributed by atoms with Crippen LogP contribution in [0.2, 0.25) is 0 Å². The van der Waals surface area contributed by atoms with Gasteiger partial charge in [0.25, 0.3) is 5.91 Å². The third kappa shape index (κ3) is 7.02. The lowest BCUT2D eigenvalue weighted by atomic mass is 9.87. The van der Waals surface area contributed by atoms with E-state index in [1.807, 2.05) is 12.1 Å². The van der Waals surface area contributed by atoms with E-state index in [2.05, 4.69) is 31.4 Å². The van der Waals surface area contributed by atoms with Crippen molar-refractivity contribution < 1.29 is 24.3 Å². The number of rotatable bonds is 8. The zero-order valence-electron chi connectivity index (χ0n) is 17.0. The summed E-state index contributed by atoms with van der Waals surface area (Å²) in [5.74, 6) is -2.40. The van der Waals surface area contributed by atoms with Gasteiger partial charge in [-0.3, -0.25) is 14.4 Å². The second-order valence-corrected chi connectivity index (χ2v) is 7.59. The Labute approximate surface area is 165 Å². The van der Waals surface area contributed by atoms with Crippen LogP contribution in [0.4, 0.5) is 0 Å². The number of carboxylic acids is 1. The van der Waals surface area contributed by atoms with Gasteiger partial charge in [-0.2, -0.15) is 0 Å². The molecular weight excluding hydrogens is 362 g/mol. The van der Waals surface area contributed by atoms with Crippen LogP contribution in [0.25, 0.3) is 0 Å². The van der Waals surface area contributed by atoms with Crippen molar-refractivity contribution >= 4 is 23.7 Å². The Hall–Kier alpha value is -2.90. The van der Waals surface area contributed by atoms with E-state index < -0.39 is 23.8 Å². The lowest BCUT2D eigenvalue weighted by molar-refractivity contribution is -0.149. The minimum absolute atomic E-state index is 0.0298. The average Bonchev–Trinajstić information content (AvgIpc) is 2.61. The smallest absolute Gasteiger partial charge is 0.326 e. The van der Waals surface area contributed by atoms with Crippen molar-refractivity contribution in [2.24, 2.45) is 0 Å². The SMILES string of the molecule is CC(=O)NCCN(C(=O)CNC(=O)c1ccc(C(C)(C)C)cc1)C(C)C(=O)O. The molecule has 0 saturated carbocycles. The summed E-state index contributed by atoms with van der Waals surface area (Å²) in [6.45, 7) is 8.74. The number of hydrogen-bond donors (Lipinski definition) is 3. The first-order valence-corrected chi connectivity index (χ1v) is 9.09. The topological polar surface area (TPSA) is 116 Å². The fourth-order valence-corrected chi connectivity index (χ4v) is 2.50. The molecule has 0 saturated heterocycles. The molecule has 154 valence electrons. The lowest BCUT2D eigenvalue weighted by Gasteiger charge is -2.26. The van der Waals surface area contributed by atoms with Crippen LogP contribution in [0.15, 0.2) is 24.3 Å². The predicted molar refractivity (Wildman–Crippen MR) is 105 cm³/mol. The van der Waals surface area contributed by atoms with E-state index in [0.717, 1.165) is 10.5 Å². The van der Waals surface area contributed by atoms with Crippen LogP contribution in [-0.4, -0.2) is 59.4 Å². The third-order valence-electron chi connectivity index (χ3n) is 4.29. The molecular formula is C20H29N3O5. The minimum atomic E-state index is -1.17. The highest BCUT2D eigenvalue weighted by atomic mass is 16.4. The Balaban J connectivity index is 2.72. The van der Waals surface area contributed by atoms with Gasteiger partial charge in [0.15, 0.2) is 0 Å². The van der Waals surface area contributed by atoms with E-state index in [4.69, 9.17) is 0 Å². The van der Waals surface area contributed by atoms with Crippen LogP contribution >= 0.6 is 0 Å². The van der Waals surface area contributed by atoms with Gasteiger partial charge >= 0.3 is 5.97 Å². The van der Waals surface area contributed by atoms with Crippen molar-refractivity contribution in [1.29, 1.82) is 0 Å². The van der Waals surface area contributed by atoms with Gasteiger partial charge in [0.05, 0.1) is 6.54 Å². The average molecular weight is 391 g/mol. The molecule has 28 heavy (non-hydrogen) atoms. The maximum Gasteiger partial charge on any atom is 0.326 e. The second kappa shape index (κ2) is 9.87. The molecule has 1 atom stereocenters. The summed E-state index contributed by atoms with van der Waals surface area (Å²) in [4.78, 5) is 48.0. The summed E-state index contributed by atoms with van der Waals surface area (Å²) in [5, 5.41) is 14.2. The summed E-state index contributed by atoms with van der Waals surface area (Å²) in [5.41, 5.74) is 1.46. The van der Waals surface area contributed by atoms with Gasteiger partial charge in [-0.25, -0.2) is 4.79 Å². The molecule has 0 aliphatic heterocycles. The van der Waals surface area contributed by atoms with Gasteiger partial charge in [-0.1, -0.05) is 32.9 Å². The fourth-order valence-electron chi connectivity index (χ4n) is 2.50. The van der Waals surface area contributed by atoms with Crippen LogP contribution in [0.1, 0.15) is 50.5 Å². The van der Waals surface area contributed by atoms with Crippen molar-refractivity contribution in [3.8, 4) is 0 Å². The molecule has 1 aromatic rings. The quantitative estimate of drug-likeness (QED) is 0.615. The summed E-state index contributed by atoms with van der Waals surface area (Å²) in [6.07, 6.45) is 0. The normalized spacial score (nSPS) is 12.0. The number of amides is 3. The lowest BCUT2D eigenvalue weighted by Crippen LogP contribution is -2.50. The van der Waals surface area contributed by atoms with Gasteiger partial charge in [-0.15, -0.1) is 0 Å². The van der Waals surface area contributed by atoms with E-state index in [-0.39, 0.29) is 31.0 Å². The van der Waals surface area contributed by atoms with Crippen LogP contribution in [0.3, 0.4) is 0 Å². The highest BCUT2D eigenvalue weighted by Crippen LogP contribution is 2.22. The molecule has 1 rings (SSSR count). The van der Waals surface area contributed by atoms with Crippen molar-refractivity contribution in [3.63, 3.8) is 0 Å². The standard InChI is InChI=1S/C20H29N3O5/c1-13(19(27)28)23(11-10-21-14(2)24)17(25)12-22-18(26)15-6-8-16(9-7-15)20(3,4)5/h6-9,13H,10-12H2,1-5H3,(H,21,24)(H,22,26)(H,27,28). The molecule has 0 aromatic heterocycles. The van der Waals surface area contributed by atoms with Crippen LogP contribution < -0.4 is 10.6 Å². The molecule has 0 fully saturated rings. The van der Waals surface area contributed by atoms with Crippen molar-refractivity contribution in [1.82, 2.24) is 15.5 Å². The predicted octanol–water partition coefficient (Wildman–Crippen LogP) is 1.15. The number of carboxylic acid groups (broad SMARTS) is 1. The largest absolute Gasteiger partial charge is 0.480 e. The van der Waals surface area contributed by atoms with Crippen molar-refractivity contribution in [2.75, 3.05) is 19.6 Å². The number of nitrogens with one attached hydrogen (secondary N) is 2. The Morgan fingerprint density at radius 3 is 2.11 bits per heavy atom. The van der Waals surface area contributed by atoms with Gasteiger partial charge in [-0.05, 0) is 30.0 Å². The van der Waals surface area contributed by atoms with E-state index in [0.29, 0.717) is 5.56 Å². The number of benzene rings is 1. The summed E-state index contributed by atoms with van der Waals surface area (Å²) >= 11 is 0. The molecule has 0 aliphatic carbocycles. The fraction of sp³-hybridized carbons (Fsp3) is 0.500. The van der Waals surface area contributed by atoms with Gasteiger partial charge in [0.1, 0.15) is 6.04 Å². The maximum absolute atomic E-state index is 12.4. The maximum atomic E-state index is 12.4. The Morgan fingerprint density at radius 1 is 1.07 bits per heavy atom. The van der Waals surface area contributed by atoms with Crippen LogP contribution in [-0.2, 0) is 19.8 Å². The van der Waals surface area contributed by atoms with Gasteiger partial charge in [0, 0.05) is 25.6 Å². The first kappa shape index (κ1) is 23.1. The second-order valence-electron chi connectivity index (χ2n) is 7.59. The first-order chi connectivity index (χ1) is 12.9. The Kier molecular flexibility index (Phi) is 8.16. The number of hydrogen-bond acceptors (Lipinski definition) is 4. The third-order valence-corrected chi connectivity index (χ3v) is 4.29. The molecule has 0 bridgehead atoms. The molecule has 0 heterocycles. The molecule has 0 radical (unpaired) electrons. The van der Waals surface area contributed by atoms with E-state index in [1.54, 1.807) is 12.1 Å². The molecule has 8 nitrogen and oxygen atoms in total. The van der Waals surface area contributed by atoms with Crippen molar-refractivity contribution in [3.05, 3.63) is 35.4 Å². The number of carbonyl (C=O) groups excluding carboxylic acids is 3. The van der Waals surface area contributed by atoms with E-state index in [1.165, 1.54) is 13.8 Å². The highest BCUT2D eigenvalue weighted by Gasteiger charge is 2.25. The Bertz CT molecular complexity index is 722. The number of nitrogens with zero attached hydrogens (tertiary/aromatic N) is 1. The molecule has 0 aliphatic rings.